The Morgan fingerprint density at radius 2 is 2.04 bits per heavy atom. The SMILES string of the molecule is CCCCOc1cccc(CNC(=NC)NCC2(CCOC)CCC2)c1.I. The lowest BCUT2D eigenvalue weighted by Gasteiger charge is -2.42. The molecule has 154 valence electrons. The lowest BCUT2D eigenvalue weighted by molar-refractivity contribution is 0.0732. The Hall–Kier alpha value is -1.02. The van der Waals surface area contributed by atoms with Crippen LogP contribution in [0, 0.1) is 5.41 Å². The molecule has 0 radical (unpaired) electrons. The van der Waals surface area contributed by atoms with Crippen LogP contribution < -0.4 is 15.4 Å². The maximum Gasteiger partial charge on any atom is 0.191 e. The van der Waals surface area contributed by atoms with Gasteiger partial charge in [-0.2, -0.15) is 0 Å². The lowest BCUT2D eigenvalue weighted by Crippen LogP contribution is -2.46. The normalized spacial score (nSPS) is 15.4. The minimum atomic E-state index is 0. The second-order valence-corrected chi connectivity index (χ2v) is 7.23. The largest absolute Gasteiger partial charge is 0.494 e. The molecule has 1 aromatic carbocycles. The Bertz CT molecular complexity index is 562. The monoisotopic (exact) mass is 489 g/mol. The van der Waals surface area contributed by atoms with Crippen LogP contribution in [0.3, 0.4) is 0 Å². The third-order valence-electron chi connectivity index (χ3n) is 5.23. The van der Waals surface area contributed by atoms with E-state index in [1.807, 2.05) is 19.2 Å². The van der Waals surface area contributed by atoms with Crippen LogP contribution in [-0.4, -0.2) is 39.9 Å². The van der Waals surface area contributed by atoms with Crippen molar-refractivity contribution in [2.75, 3.05) is 33.9 Å². The molecule has 0 spiro atoms. The molecular weight excluding hydrogens is 453 g/mol. The summed E-state index contributed by atoms with van der Waals surface area (Å²) in [6.45, 7) is 5.47. The van der Waals surface area contributed by atoms with E-state index in [0.29, 0.717) is 5.41 Å². The molecule has 0 atom stereocenters. The summed E-state index contributed by atoms with van der Waals surface area (Å²) in [6.07, 6.45) is 7.22. The van der Waals surface area contributed by atoms with Gasteiger partial charge in [0.05, 0.1) is 6.61 Å². The number of hydrogen-bond donors (Lipinski definition) is 2. The lowest BCUT2D eigenvalue weighted by atomic mass is 9.67. The zero-order chi connectivity index (χ0) is 18.7. The summed E-state index contributed by atoms with van der Waals surface area (Å²) < 4.78 is 11.1. The van der Waals surface area contributed by atoms with Crippen molar-refractivity contribution in [3.63, 3.8) is 0 Å². The number of nitrogens with zero attached hydrogens (tertiary/aromatic N) is 1. The average molecular weight is 489 g/mol. The van der Waals surface area contributed by atoms with Crippen molar-refractivity contribution in [1.82, 2.24) is 10.6 Å². The molecule has 5 nitrogen and oxygen atoms in total. The summed E-state index contributed by atoms with van der Waals surface area (Å²) in [7, 11) is 3.60. The van der Waals surface area contributed by atoms with E-state index in [-0.39, 0.29) is 24.0 Å². The molecule has 0 aliphatic heterocycles. The molecule has 0 unspecified atom stereocenters. The quantitative estimate of drug-likeness (QED) is 0.210. The molecule has 1 saturated carbocycles. The Kier molecular flexibility index (Phi) is 11.7. The van der Waals surface area contributed by atoms with Gasteiger partial charge < -0.3 is 20.1 Å². The van der Waals surface area contributed by atoms with Gasteiger partial charge in [-0.05, 0) is 48.8 Å². The van der Waals surface area contributed by atoms with Crippen LogP contribution in [0.25, 0.3) is 0 Å². The molecular formula is C21H36IN3O2. The van der Waals surface area contributed by atoms with E-state index in [0.717, 1.165) is 57.3 Å². The number of rotatable bonds is 11. The van der Waals surface area contributed by atoms with Gasteiger partial charge >= 0.3 is 0 Å². The number of ether oxygens (including phenoxy) is 2. The number of hydrogen-bond acceptors (Lipinski definition) is 3. The predicted octanol–water partition coefficient (Wildman–Crippen LogP) is 4.36. The van der Waals surface area contributed by atoms with E-state index < -0.39 is 0 Å². The molecule has 6 heteroatoms. The average Bonchev–Trinajstić information content (AvgIpc) is 2.63. The second-order valence-electron chi connectivity index (χ2n) is 7.23. The summed E-state index contributed by atoms with van der Waals surface area (Å²) in [5.74, 6) is 1.79. The predicted molar refractivity (Wildman–Crippen MR) is 123 cm³/mol. The van der Waals surface area contributed by atoms with E-state index >= 15 is 0 Å². The first-order chi connectivity index (χ1) is 12.7. The van der Waals surface area contributed by atoms with Crippen molar-refractivity contribution in [3.8, 4) is 5.75 Å². The third kappa shape index (κ3) is 8.25. The number of guanidine groups is 1. The first kappa shape index (κ1) is 24.0. The smallest absolute Gasteiger partial charge is 0.191 e. The summed E-state index contributed by atoms with van der Waals surface area (Å²) in [5, 5.41) is 6.91. The molecule has 0 aromatic heterocycles. The van der Waals surface area contributed by atoms with Crippen LogP contribution in [0.15, 0.2) is 29.3 Å². The van der Waals surface area contributed by atoms with Crippen LogP contribution in [-0.2, 0) is 11.3 Å². The van der Waals surface area contributed by atoms with Crippen LogP contribution in [0.1, 0.15) is 51.0 Å². The highest BCUT2D eigenvalue weighted by Crippen LogP contribution is 2.43. The molecule has 1 aliphatic rings. The van der Waals surface area contributed by atoms with E-state index in [1.54, 1.807) is 7.11 Å². The van der Waals surface area contributed by atoms with Gasteiger partial charge in [-0.3, -0.25) is 4.99 Å². The van der Waals surface area contributed by atoms with Gasteiger partial charge in [-0.15, -0.1) is 24.0 Å². The van der Waals surface area contributed by atoms with E-state index in [1.165, 1.54) is 24.8 Å². The molecule has 0 bridgehead atoms. The summed E-state index contributed by atoms with van der Waals surface area (Å²) in [4.78, 5) is 4.36. The second kappa shape index (κ2) is 13.2. The molecule has 0 heterocycles. The molecule has 1 aromatic rings. The first-order valence-electron chi connectivity index (χ1n) is 9.86. The zero-order valence-electron chi connectivity index (χ0n) is 17.1. The highest BCUT2D eigenvalue weighted by molar-refractivity contribution is 14.0. The maximum atomic E-state index is 5.79. The highest BCUT2D eigenvalue weighted by atomic mass is 127. The summed E-state index contributed by atoms with van der Waals surface area (Å²) in [5.41, 5.74) is 1.57. The molecule has 2 rings (SSSR count). The van der Waals surface area contributed by atoms with Crippen molar-refractivity contribution in [2.45, 2.75) is 52.0 Å². The van der Waals surface area contributed by atoms with Gasteiger partial charge in [0.2, 0.25) is 0 Å². The fourth-order valence-corrected chi connectivity index (χ4v) is 3.27. The summed E-state index contributed by atoms with van der Waals surface area (Å²) in [6, 6.07) is 8.27. The number of benzene rings is 1. The highest BCUT2D eigenvalue weighted by Gasteiger charge is 2.36. The van der Waals surface area contributed by atoms with Gasteiger partial charge in [0.1, 0.15) is 5.75 Å². The van der Waals surface area contributed by atoms with Crippen molar-refractivity contribution < 1.29 is 9.47 Å². The standard InChI is InChI=1S/C21H35N3O2.HI/c1-4-5-13-26-19-9-6-8-18(15-19)16-23-20(22-2)24-17-21(10-7-11-21)12-14-25-3;/h6,8-9,15H,4-5,7,10-14,16-17H2,1-3H3,(H2,22,23,24);1H. The van der Waals surface area contributed by atoms with Crippen molar-refractivity contribution >= 4 is 29.9 Å². The van der Waals surface area contributed by atoms with Crippen molar-refractivity contribution in [1.29, 1.82) is 0 Å². The molecule has 1 aliphatic carbocycles. The zero-order valence-corrected chi connectivity index (χ0v) is 19.4. The molecule has 27 heavy (non-hydrogen) atoms. The van der Waals surface area contributed by atoms with Crippen LogP contribution in [0.5, 0.6) is 5.75 Å². The van der Waals surface area contributed by atoms with Crippen molar-refractivity contribution in [3.05, 3.63) is 29.8 Å². The summed E-state index contributed by atoms with van der Waals surface area (Å²) >= 11 is 0. The number of methoxy groups -OCH3 is 1. The van der Waals surface area contributed by atoms with E-state index in [4.69, 9.17) is 9.47 Å². The Balaban J connectivity index is 0.00000364. The van der Waals surface area contributed by atoms with Crippen LogP contribution >= 0.6 is 24.0 Å². The minimum absolute atomic E-state index is 0. The molecule has 0 saturated heterocycles. The van der Waals surface area contributed by atoms with Crippen LogP contribution in [0.4, 0.5) is 0 Å². The fraction of sp³-hybridized carbons (Fsp3) is 0.667. The van der Waals surface area contributed by atoms with E-state index in [9.17, 15) is 0 Å². The Morgan fingerprint density at radius 1 is 1.22 bits per heavy atom. The number of halogens is 1. The van der Waals surface area contributed by atoms with E-state index in [2.05, 4.69) is 34.7 Å². The van der Waals surface area contributed by atoms with Gasteiger partial charge in [-0.25, -0.2) is 0 Å². The topological polar surface area (TPSA) is 54.9 Å². The van der Waals surface area contributed by atoms with Gasteiger partial charge in [-0.1, -0.05) is 31.9 Å². The number of nitrogens with one attached hydrogen (secondary N) is 2. The van der Waals surface area contributed by atoms with Gasteiger partial charge in [0.25, 0.3) is 0 Å². The maximum absolute atomic E-state index is 5.79. The van der Waals surface area contributed by atoms with Gasteiger partial charge in [0, 0.05) is 33.9 Å². The van der Waals surface area contributed by atoms with Crippen LogP contribution in [0.2, 0.25) is 0 Å². The molecule has 2 N–H and O–H groups in total. The number of aliphatic imine (C=N–C) groups is 1. The first-order valence-corrected chi connectivity index (χ1v) is 9.86. The minimum Gasteiger partial charge on any atom is -0.494 e. The number of unbranched alkanes of at least 4 members (excludes halogenated alkanes) is 1. The molecule has 1 fully saturated rings. The fourth-order valence-electron chi connectivity index (χ4n) is 3.27. The Morgan fingerprint density at radius 3 is 2.67 bits per heavy atom. The Labute approximate surface area is 181 Å². The van der Waals surface area contributed by atoms with Gasteiger partial charge in [0.15, 0.2) is 5.96 Å². The third-order valence-corrected chi connectivity index (χ3v) is 5.23. The molecule has 0 amide bonds. The van der Waals surface area contributed by atoms with Crippen molar-refractivity contribution in [2.24, 2.45) is 10.4 Å².